The van der Waals surface area contributed by atoms with Gasteiger partial charge in [-0.1, -0.05) is 50.8 Å². The predicted molar refractivity (Wildman–Crippen MR) is 83.7 cm³/mol. The lowest BCUT2D eigenvalue weighted by Crippen LogP contribution is -2.26. The third-order valence-corrected chi connectivity index (χ3v) is 5.87. The number of rotatable bonds is 1. The van der Waals surface area contributed by atoms with Crippen LogP contribution in [0, 0.1) is 11.3 Å². The Balaban J connectivity index is 1.71. The van der Waals surface area contributed by atoms with Crippen LogP contribution in [0.15, 0.2) is 30.0 Å². The molecule has 0 bridgehead atoms. The molecule has 0 aromatic heterocycles. The predicted octanol–water partition coefficient (Wildman–Crippen LogP) is 5.42. The normalized spacial score (nSPS) is 27.8. The van der Waals surface area contributed by atoms with Crippen LogP contribution in [0.5, 0.6) is 0 Å². The van der Waals surface area contributed by atoms with Gasteiger partial charge in [0.1, 0.15) is 0 Å². The maximum Gasteiger partial charge on any atom is 0.0708 e. The summed E-state index contributed by atoms with van der Waals surface area (Å²) in [5.74, 6) is 0.753. The highest BCUT2D eigenvalue weighted by Crippen LogP contribution is 2.56. The molecule has 1 heteroatoms. The zero-order valence-electron chi connectivity index (χ0n) is 12.5. The monoisotopic (exact) mass is 266 g/mol. The van der Waals surface area contributed by atoms with Crippen molar-refractivity contribution in [3.05, 3.63) is 35.5 Å². The van der Waals surface area contributed by atoms with E-state index in [2.05, 4.69) is 31.2 Å². The van der Waals surface area contributed by atoms with Crippen molar-refractivity contribution in [1.82, 2.24) is 5.32 Å². The van der Waals surface area contributed by atoms with E-state index in [1.54, 1.807) is 5.57 Å². The van der Waals surface area contributed by atoms with Gasteiger partial charge >= 0.3 is 0 Å². The van der Waals surface area contributed by atoms with Gasteiger partial charge < -0.3 is 0 Å². The number of hydrogen-bond acceptors (Lipinski definition) is 0. The Labute approximate surface area is 122 Å². The topological polar surface area (TPSA) is 14.1 Å². The van der Waals surface area contributed by atoms with Gasteiger partial charge in [-0.05, 0) is 48.7 Å². The summed E-state index contributed by atoms with van der Waals surface area (Å²) in [4.78, 5) is 0. The van der Waals surface area contributed by atoms with Gasteiger partial charge in [-0.2, -0.15) is 0 Å². The van der Waals surface area contributed by atoms with E-state index in [9.17, 15) is 0 Å². The quantitative estimate of drug-likeness (QED) is 0.603. The second-order valence-electron chi connectivity index (χ2n) is 7.15. The molecule has 2 aliphatic carbocycles. The second-order valence-corrected chi connectivity index (χ2v) is 7.15. The van der Waals surface area contributed by atoms with E-state index in [1.165, 1.54) is 68.3 Å². The molecule has 3 aliphatic rings. The van der Waals surface area contributed by atoms with Gasteiger partial charge in [-0.3, -0.25) is 5.32 Å². The molecule has 1 aromatic rings. The van der Waals surface area contributed by atoms with Crippen LogP contribution in [0.25, 0.3) is 5.57 Å². The molecule has 1 radical (unpaired) electrons. The van der Waals surface area contributed by atoms with Crippen molar-refractivity contribution < 1.29 is 0 Å². The molecule has 1 aromatic carbocycles. The van der Waals surface area contributed by atoms with Gasteiger partial charge in [0.2, 0.25) is 0 Å². The summed E-state index contributed by atoms with van der Waals surface area (Å²) in [7, 11) is 0. The van der Waals surface area contributed by atoms with Gasteiger partial charge in [0.05, 0.1) is 5.69 Å². The van der Waals surface area contributed by atoms with Crippen molar-refractivity contribution in [2.24, 2.45) is 11.3 Å². The first kappa shape index (κ1) is 12.5. The minimum atomic E-state index is 0.514. The average molecular weight is 266 g/mol. The molecular formula is C19H24N. The largest absolute Gasteiger partial charge is 0.253 e. The smallest absolute Gasteiger partial charge is 0.0708 e. The number of hydrogen-bond donors (Lipinski definition) is 0. The fraction of sp³-hybridized carbons (Fsp3) is 0.579. The maximum atomic E-state index is 4.89. The average Bonchev–Trinajstić information content (AvgIpc) is 2.94. The maximum absolute atomic E-state index is 4.89. The number of para-hydroxylation sites is 1. The van der Waals surface area contributed by atoms with Crippen molar-refractivity contribution >= 4 is 11.3 Å². The molecular weight excluding hydrogens is 242 g/mol. The Bertz CT molecular complexity index is 547. The zero-order valence-corrected chi connectivity index (χ0v) is 12.5. The lowest BCUT2D eigenvalue weighted by atomic mass is 9.68. The molecule has 0 amide bonds. The summed E-state index contributed by atoms with van der Waals surface area (Å²) in [6.07, 6.45) is 11.1. The van der Waals surface area contributed by atoms with Crippen LogP contribution in [0.1, 0.15) is 63.9 Å². The second kappa shape index (κ2) is 4.65. The number of benzene rings is 1. The SMILES string of the molecule is CC1(C2CCC3=C2c2ccccc2[N]3)CCCCCC1. The van der Waals surface area contributed by atoms with E-state index in [1.807, 2.05) is 0 Å². The van der Waals surface area contributed by atoms with Crippen LogP contribution >= 0.6 is 0 Å². The highest BCUT2D eigenvalue weighted by molar-refractivity contribution is 5.84. The Kier molecular flexibility index (Phi) is 2.90. The molecule has 1 atom stereocenters. The van der Waals surface area contributed by atoms with Crippen molar-refractivity contribution in [1.29, 1.82) is 0 Å². The van der Waals surface area contributed by atoms with Gasteiger partial charge in [0, 0.05) is 11.3 Å². The Morgan fingerprint density at radius 3 is 2.60 bits per heavy atom. The fourth-order valence-corrected chi connectivity index (χ4v) is 4.75. The number of nitrogens with zero attached hydrogens (tertiary/aromatic N) is 1. The van der Waals surface area contributed by atoms with Crippen molar-refractivity contribution in [3.8, 4) is 0 Å². The van der Waals surface area contributed by atoms with Crippen LogP contribution in [0.2, 0.25) is 0 Å². The first-order chi connectivity index (χ1) is 9.78. The molecule has 105 valence electrons. The fourth-order valence-electron chi connectivity index (χ4n) is 4.75. The van der Waals surface area contributed by atoms with Gasteiger partial charge in [-0.15, -0.1) is 0 Å². The Morgan fingerprint density at radius 2 is 1.80 bits per heavy atom. The molecule has 20 heavy (non-hydrogen) atoms. The summed E-state index contributed by atoms with van der Waals surface area (Å²) in [5, 5.41) is 4.89. The van der Waals surface area contributed by atoms with Crippen molar-refractivity contribution in [2.75, 3.05) is 0 Å². The molecule has 4 rings (SSSR count). The van der Waals surface area contributed by atoms with Gasteiger partial charge in [0.25, 0.3) is 0 Å². The van der Waals surface area contributed by atoms with E-state index < -0.39 is 0 Å². The third kappa shape index (κ3) is 1.82. The van der Waals surface area contributed by atoms with E-state index in [0.717, 1.165) is 5.92 Å². The van der Waals surface area contributed by atoms with Crippen molar-refractivity contribution in [2.45, 2.75) is 58.3 Å². The summed E-state index contributed by atoms with van der Waals surface area (Å²) in [6, 6.07) is 8.77. The molecule has 1 heterocycles. The van der Waals surface area contributed by atoms with Crippen LogP contribution in [0.3, 0.4) is 0 Å². The Hall–Kier alpha value is -1.24. The lowest BCUT2D eigenvalue weighted by molar-refractivity contribution is 0.198. The van der Waals surface area contributed by atoms with Crippen LogP contribution < -0.4 is 5.32 Å². The van der Waals surface area contributed by atoms with Gasteiger partial charge in [-0.25, -0.2) is 0 Å². The third-order valence-electron chi connectivity index (χ3n) is 5.87. The summed E-state index contributed by atoms with van der Waals surface area (Å²) >= 11 is 0. The lowest BCUT2D eigenvalue weighted by Gasteiger charge is -2.36. The zero-order chi connectivity index (χ0) is 13.6. The molecule has 0 saturated heterocycles. The van der Waals surface area contributed by atoms with Crippen LogP contribution in [-0.2, 0) is 0 Å². The molecule has 1 saturated carbocycles. The van der Waals surface area contributed by atoms with E-state index in [0.29, 0.717) is 5.41 Å². The molecule has 0 spiro atoms. The molecule has 1 unspecified atom stereocenters. The first-order valence-electron chi connectivity index (χ1n) is 8.32. The summed E-state index contributed by atoms with van der Waals surface area (Å²) in [6.45, 7) is 2.56. The number of fused-ring (bicyclic) bond motifs is 2. The van der Waals surface area contributed by atoms with E-state index >= 15 is 0 Å². The minimum absolute atomic E-state index is 0.514. The highest BCUT2D eigenvalue weighted by atomic mass is 14.9. The van der Waals surface area contributed by atoms with Crippen LogP contribution in [-0.4, -0.2) is 0 Å². The Morgan fingerprint density at radius 1 is 1.05 bits per heavy atom. The van der Waals surface area contributed by atoms with Crippen LogP contribution in [0.4, 0.5) is 5.69 Å². The van der Waals surface area contributed by atoms with E-state index in [-0.39, 0.29) is 0 Å². The molecule has 1 nitrogen and oxygen atoms in total. The molecule has 1 fully saturated rings. The summed E-state index contributed by atoms with van der Waals surface area (Å²) < 4.78 is 0. The van der Waals surface area contributed by atoms with Gasteiger partial charge in [0.15, 0.2) is 0 Å². The minimum Gasteiger partial charge on any atom is -0.253 e. The highest BCUT2D eigenvalue weighted by Gasteiger charge is 2.43. The first-order valence-corrected chi connectivity index (χ1v) is 8.32. The standard InChI is InChI=1S/C19H24N/c1-19(12-6-2-3-7-13-19)15-10-11-17-18(15)14-8-4-5-9-16(14)20-17/h4-5,8-9,15H,2-3,6-7,10-13H2,1H3. The summed E-state index contributed by atoms with van der Waals surface area (Å²) in [5.41, 5.74) is 6.20. The van der Waals surface area contributed by atoms with E-state index in [4.69, 9.17) is 5.32 Å². The number of allylic oxidation sites excluding steroid dienone is 2. The molecule has 1 aliphatic heterocycles. The molecule has 0 N–H and O–H groups in total. The van der Waals surface area contributed by atoms with Crippen molar-refractivity contribution in [3.63, 3.8) is 0 Å².